The molecule has 1 heterocycles. The quantitative estimate of drug-likeness (QED) is 0.850. The summed E-state index contributed by atoms with van der Waals surface area (Å²) in [6, 6.07) is 6.47. The molecular formula is C13H19NO2. The molecule has 1 N–H and O–H groups in total. The van der Waals surface area contributed by atoms with Crippen molar-refractivity contribution in [3.05, 3.63) is 23.8 Å². The lowest BCUT2D eigenvalue weighted by molar-refractivity contribution is 0.366. The Balaban J connectivity index is 2.24. The van der Waals surface area contributed by atoms with Gasteiger partial charge in [-0.3, -0.25) is 0 Å². The van der Waals surface area contributed by atoms with E-state index < -0.39 is 0 Å². The summed E-state index contributed by atoms with van der Waals surface area (Å²) < 4.78 is 10.6. The van der Waals surface area contributed by atoms with E-state index in [2.05, 4.69) is 11.4 Å². The van der Waals surface area contributed by atoms with Gasteiger partial charge in [0.2, 0.25) is 0 Å². The molecule has 0 radical (unpaired) electrons. The molecule has 0 amide bonds. The molecule has 0 unspecified atom stereocenters. The lowest BCUT2D eigenvalue weighted by Crippen LogP contribution is -2.27. The van der Waals surface area contributed by atoms with E-state index in [0.717, 1.165) is 18.0 Å². The van der Waals surface area contributed by atoms with E-state index >= 15 is 0 Å². The van der Waals surface area contributed by atoms with E-state index in [-0.39, 0.29) is 0 Å². The highest BCUT2D eigenvalue weighted by molar-refractivity contribution is 5.42. The summed E-state index contributed by atoms with van der Waals surface area (Å²) in [7, 11) is 3.38. The van der Waals surface area contributed by atoms with Crippen LogP contribution in [0.25, 0.3) is 0 Å². The van der Waals surface area contributed by atoms with Gasteiger partial charge in [-0.1, -0.05) is 12.5 Å². The molecule has 1 fully saturated rings. The Kier molecular flexibility index (Phi) is 3.67. The van der Waals surface area contributed by atoms with Crippen LogP contribution < -0.4 is 14.8 Å². The lowest BCUT2D eigenvalue weighted by atomic mass is 9.96. The molecule has 1 aliphatic rings. The summed E-state index contributed by atoms with van der Waals surface area (Å²) >= 11 is 0. The summed E-state index contributed by atoms with van der Waals surface area (Å²) in [5.41, 5.74) is 1.24. The van der Waals surface area contributed by atoms with E-state index in [1.54, 1.807) is 14.2 Å². The van der Waals surface area contributed by atoms with Crippen LogP contribution in [0, 0.1) is 0 Å². The van der Waals surface area contributed by atoms with E-state index in [1.807, 2.05) is 12.1 Å². The molecule has 16 heavy (non-hydrogen) atoms. The van der Waals surface area contributed by atoms with Crippen LogP contribution in [0.1, 0.15) is 30.9 Å². The highest BCUT2D eigenvalue weighted by Gasteiger charge is 2.18. The fourth-order valence-corrected chi connectivity index (χ4v) is 2.22. The van der Waals surface area contributed by atoms with Gasteiger partial charge in [-0.05, 0) is 25.5 Å². The molecule has 1 aromatic carbocycles. The number of hydrogen-bond acceptors (Lipinski definition) is 3. The molecule has 3 nitrogen and oxygen atoms in total. The second kappa shape index (κ2) is 5.21. The number of hydrogen-bond donors (Lipinski definition) is 1. The maximum absolute atomic E-state index is 5.42. The van der Waals surface area contributed by atoms with Crippen LogP contribution in [0.5, 0.6) is 11.5 Å². The maximum atomic E-state index is 5.42. The largest absolute Gasteiger partial charge is 0.497 e. The van der Waals surface area contributed by atoms with Crippen LogP contribution in [-0.4, -0.2) is 20.8 Å². The van der Waals surface area contributed by atoms with Gasteiger partial charge in [0.1, 0.15) is 11.5 Å². The van der Waals surface area contributed by atoms with Crippen molar-refractivity contribution in [1.82, 2.24) is 5.32 Å². The standard InChI is InChI=1S/C13H19NO2/c1-15-10-6-7-11(13(9-10)16-2)12-5-3-4-8-14-12/h6-7,9,12,14H,3-5,8H2,1-2H3/t12-/m0/s1. The van der Waals surface area contributed by atoms with Gasteiger partial charge in [0.25, 0.3) is 0 Å². The predicted molar refractivity (Wildman–Crippen MR) is 64.1 cm³/mol. The third kappa shape index (κ3) is 2.30. The number of nitrogens with one attached hydrogen (secondary N) is 1. The van der Waals surface area contributed by atoms with Crippen LogP contribution in [0.2, 0.25) is 0 Å². The van der Waals surface area contributed by atoms with Crippen LogP contribution in [0.15, 0.2) is 18.2 Å². The second-order valence-electron chi connectivity index (χ2n) is 4.11. The first-order valence-electron chi connectivity index (χ1n) is 5.80. The second-order valence-corrected chi connectivity index (χ2v) is 4.11. The highest BCUT2D eigenvalue weighted by atomic mass is 16.5. The molecule has 3 heteroatoms. The molecule has 0 saturated carbocycles. The molecule has 0 bridgehead atoms. The molecule has 0 aromatic heterocycles. The zero-order valence-electron chi connectivity index (χ0n) is 9.95. The number of piperidine rings is 1. The van der Waals surface area contributed by atoms with E-state index in [9.17, 15) is 0 Å². The topological polar surface area (TPSA) is 30.5 Å². The van der Waals surface area contributed by atoms with E-state index in [4.69, 9.17) is 9.47 Å². The number of methoxy groups -OCH3 is 2. The van der Waals surface area contributed by atoms with Crippen LogP contribution >= 0.6 is 0 Å². The number of benzene rings is 1. The molecular weight excluding hydrogens is 202 g/mol. The van der Waals surface area contributed by atoms with Crippen molar-refractivity contribution in [3.8, 4) is 11.5 Å². The van der Waals surface area contributed by atoms with Gasteiger partial charge >= 0.3 is 0 Å². The van der Waals surface area contributed by atoms with Gasteiger partial charge in [-0.2, -0.15) is 0 Å². The Labute approximate surface area is 96.8 Å². The summed E-state index contributed by atoms with van der Waals surface area (Å²) in [4.78, 5) is 0. The summed E-state index contributed by atoms with van der Waals surface area (Å²) in [5.74, 6) is 1.76. The Hall–Kier alpha value is -1.22. The minimum atomic E-state index is 0.426. The van der Waals surface area contributed by atoms with Crippen LogP contribution in [0.3, 0.4) is 0 Å². The Bertz CT molecular complexity index is 346. The van der Waals surface area contributed by atoms with Crippen molar-refractivity contribution in [1.29, 1.82) is 0 Å². The first-order valence-corrected chi connectivity index (χ1v) is 5.80. The molecule has 1 saturated heterocycles. The lowest BCUT2D eigenvalue weighted by Gasteiger charge is -2.25. The minimum Gasteiger partial charge on any atom is -0.497 e. The third-order valence-electron chi connectivity index (χ3n) is 3.13. The van der Waals surface area contributed by atoms with Gasteiger partial charge in [0.15, 0.2) is 0 Å². The molecule has 0 aliphatic carbocycles. The average Bonchev–Trinajstić information content (AvgIpc) is 2.39. The van der Waals surface area contributed by atoms with Gasteiger partial charge in [0, 0.05) is 17.7 Å². The zero-order chi connectivity index (χ0) is 11.4. The first kappa shape index (κ1) is 11.3. The SMILES string of the molecule is COc1ccc([C@@H]2CCCCN2)c(OC)c1. The van der Waals surface area contributed by atoms with Crippen molar-refractivity contribution in [3.63, 3.8) is 0 Å². The molecule has 1 aromatic rings. The van der Waals surface area contributed by atoms with E-state index in [0.29, 0.717) is 6.04 Å². The van der Waals surface area contributed by atoms with Gasteiger partial charge < -0.3 is 14.8 Å². The fourth-order valence-electron chi connectivity index (χ4n) is 2.22. The predicted octanol–water partition coefficient (Wildman–Crippen LogP) is 2.52. The monoisotopic (exact) mass is 221 g/mol. The van der Waals surface area contributed by atoms with Crippen LogP contribution in [-0.2, 0) is 0 Å². The highest BCUT2D eigenvalue weighted by Crippen LogP contribution is 2.33. The molecule has 1 aliphatic heterocycles. The van der Waals surface area contributed by atoms with Gasteiger partial charge in [0.05, 0.1) is 14.2 Å². The van der Waals surface area contributed by atoms with Crippen molar-refractivity contribution in [2.75, 3.05) is 20.8 Å². The summed E-state index contributed by atoms with van der Waals surface area (Å²) in [6.07, 6.45) is 3.74. The number of rotatable bonds is 3. The van der Waals surface area contributed by atoms with Crippen LogP contribution in [0.4, 0.5) is 0 Å². The molecule has 1 atom stereocenters. The first-order chi connectivity index (χ1) is 7.85. The number of ether oxygens (including phenoxy) is 2. The Morgan fingerprint density at radius 1 is 1.19 bits per heavy atom. The Morgan fingerprint density at radius 2 is 2.06 bits per heavy atom. The zero-order valence-corrected chi connectivity index (χ0v) is 9.95. The summed E-state index contributed by atoms with van der Waals surface area (Å²) in [5, 5.41) is 3.53. The molecule has 0 spiro atoms. The van der Waals surface area contributed by atoms with Gasteiger partial charge in [-0.25, -0.2) is 0 Å². The molecule has 2 rings (SSSR count). The normalized spacial score (nSPS) is 20.5. The van der Waals surface area contributed by atoms with E-state index in [1.165, 1.54) is 24.8 Å². The van der Waals surface area contributed by atoms with Crippen molar-refractivity contribution in [2.24, 2.45) is 0 Å². The van der Waals surface area contributed by atoms with Crippen molar-refractivity contribution < 1.29 is 9.47 Å². The fraction of sp³-hybridized carbons (Fsp3) is 0.538. The third-order valence-corrected chi connectivity index (χ3v) is 3.13. The summed E-state index contributed by atoms with van der Waals surface area (Å²) in [6.45, 7) is 1.10. The van der Waals surface area contributed by atoms with Crippen molar-refractivity contribution in [2.45, 2.75) is 25.3 Å². The average molecular weight is 221 g/mol. The maximum Gasteiger partial charge on any atom is 0.127 e. The van der Waals surface area contributed by atoms with Crippen molar-refractivity contribution >= 4 is 0 Å². The minimum absolute atomic E-state index is 0.426. The Morgan fingerprint density at radius 3 is 2.69 bits per heavy atom. The van der Waals surface area contributed by atoms with Gasteiger partial charge in [-0.15, -0.1) is 0 Å². The smallest absolute Gasteiger partial charge is 0.127 e. The molecule has 88 valence electrons.